The van der Waals surface area contributed by atoms with Crippen LogP contribution < -0.4 is 21.1 Å². The van der Waals surface area contributed by atoms with Crippen LogP contribution in [0.4, 0.5) is 33.9 Å². The van der Waals surface area contributed by atoms with E-state index >= 15 is 8.78 Å². The molecule has 0 amide bonds. The van der Waals surface area contributed by atoms with Gasteiger partial charge >= 0.3 is 6.16 Å². The molecule has 1 aromatic carbocycles. The Balaban J connectivity index is 1.48. The van der Waals surface area contributed by atoms with E-state index < -0.39 is 54.0 Å². The Kier molecular flexibility index (Phi) is 10.2. The van der Waals surface area contributed by atoms with Crippen molar-refractivity contribution in [3.05, 3.63) is 54.2 Å². The van der Waals surface area contributed by atoms with Gasteiger partial charge in [0.25, 0.3) is 6.43 Å². The van der Waals surface area contributed by atoms with E-state index in [9.17, 15) is 18.7 Å². The van der Waals surface area contributed by atoms with Crippen LogP contribution in [-0.2, 0) is 16.0 Å². The molecule has 4 heterocycles. The normalized spacial score (nSPS) is 18.5. The van der Waals surface area contributed by atoms with Crippen molar-refractivity contribution in [1.82, 2.24) is 24.5 Å². The van der Waals surface area contributed by atoms with Crippen LogP contribution in [0.25, 0.3) is 22.4 Å². The number of aromatic nitrogens is 5. The van der Waals surface area contributed by atoms with E-state index in [0.717, 1.165) is 12.1 Å². The van der Waals surface area contributed by atoms with Crippen LogP contribution in [0.1, 0.15) is 45.6 Å². The van der Waals surface area contributed by atoms with E-state index in [1.165, 1.54) is 31.8 Å². The van der Waals surface area contributed by atoms with Gasteiger partial charge in [0.1, 0.15) is 29.9 Å². The van der Waals surface area contributed by atoms with Gasteiger partial charge in [-0.2, -0.15) is 0 Å². The summed E-state index contributed by atoms with van der Waals surface area (Å²) in [6, 6.07) is 3.23. The molecule has 5 rings (SSSR count). The standard InChI is InChI=1S/C31H36F4N8O5/c1-4-16(2)46-30(45)48-17(3)47-24-10-20(32)19(9-21(24)33)22-8-18(12-43-15-41-25-28(36)39-14-40-29(25)43)23(11-38-22)42-7-5-6-31(37,13-42)26(44)27(34)35/h8-11,14-17,26-27,44H,4-7,12-13,37H2,1-3H3,(H2,36,39,40)/t16?,17?,26-,31-/m1/s1. The Bertz CT molecular complexity index is 1780. The molecule has 4 aromatic rings. The summed E-state index contributed by atoms with van der Waals surface area (Å²) < 4.78 is 74.8. The number of hydrogen-bond donors (Lipinski definition) is 3. The molecule has 1 aliphatic rings. The van der Waals surface area contributed by atoms with Gasteiger partial charge in [-0.3, -0.25) is 4.98 Å². The lowest BCUT2D eigenvalue weighted by Crippen LogP contribution is -2.63. The summed E-state index contributed by atoms with van der Waals surface area (Å²) >= 11 is 0. The van der Waals surface area contributed by atoms with Crippen LogP contribution in [0.5, 0.6) is 5.75 Å². The lowest BCUT2D eigenvalue weighted by Gasteiger charge is -2.44. The highest BCUT2D eigenvalue weighted by molar-refractivity contribution is 5.81. The molecule has 0 radical (unpaired) electrons. The second-order valence-corrected chi connectivity index (χ2v) is 11.7. The Morgan fingerprint density at radius 3 is 2.60 bits per heavy atom. The molecule has 5 N–H and O–H groups in total. The first kappa shape index (κ1) is 34.6. The summed E-state index contributed by atoms with van der Waals surface area (Å²) in [5, 5.41) is 10.2. The van der Waals surface area contributed by atoms with Gasteiger partial charge in [-0.15, -0.1) is 0 Å². The van der Waals surface area contributed by atoms with Gasteiger partial charge in [-0.25, -0.2) is 37.3 Å². The van der Waals surface area contributed by atoms with E-state index in [0.29, 0.717) is 41.8 Å². The molecule has 0 aliphatic carbocycles. The average Bonchev–Trinajstić information content (AvgIpc) is 3.45. The largest absolute Gasteiger partial charge is 0.511 e. The maximum absolute atomic E-state index is 15.5. The summed E-state index contributed by atoms with van der Waals surface area (Å²) in [6.07, 6.45) is -2.54. The summed E-state index contributed by atoms with van der Waals surface area (Å²) in [6.45, 7) is 5.18. The molecule has 13 nitrogen and oxygen atoms in total. The third-order valence-corrected chi connectivity index (χ3v) is 8.18. The maximum atomic E-state index is 15.5. The number of carbonyl (C=O) groups excluding carboxylic acids is 1. The van der Waals surface area contributed by atoms with Crippen molar-refractivity contribution in [1.29, 1.82) is 0 Å². The van der Waals surface area contributed by atoms with Crippen LogP contribution in [0.3, 0.4) is 0 Å². The number of benzene rings is 1. The zero-order valence-corrected chi connectivity index (χ0v) is 26.4. The van der Waals surface area contributed by atoms with Crippen molar-refractivity contribution < 1.29 is 41.7 Å². The Labute approximate surface area is 272 Å². The number of hydrogen-bond acceptors (Lipinski definition) is 12. The number of pyridine rings is 1. The number of nitrogens with zero attached hydrogens (tertiary/aromatic N) is 6. The number of nitrogen functional groups attached to an aromatic ring is 1. The Morgan fingerprint density at radius 1 is 1.10 bits per heavy atom. The minimum Gasteiger partial charge on any atom is -0.452 e. The Morgan fingerprint density at radius 2 is 1.88 bits per heavy atom. The number of alkyl halides is 2. The predicted octanol–water partition coefficient (Wildman–Crippen LogP) is 4.40. The second-order valence-electron chi connectivity index (χ2n) is 11.7. The fourth-order valence-corrected chi connectivity index (χ4v) is 5.49. The van der Waals surface area contributed by atoms with Crippen LogP contribution in [-0.4, -0.2) is 79.3 Å². The van der Waals surface area contributed by atoms with Crippen molar-refractivity contribution in [2.75, 3.05) is 23.7 Å². The first-order valence-electron chi connectivity index (χ1n) is 15.2. The molecule has 1 fully saturated rings. The number of imidazole rings is 1. The third-order valence-electron chi connectivity index (χ3n) is 8.18. The minimum absolute atomic E-state index is 0.0420. The minimum atomic E-state index is -3.05. The smallest absolute Gasteiger partial charge is 0.452 e. The van der Waals surface area contributed by atoms with Crippen LogP contribution in [0.15, 0.2) is 37.1 Å². The van der Waals surface area contributed by atoms with Gasteiger partial charge in [0.05, 0.1) is 36.0 Å². The van der Waals surface area contributed by atoms with Crippen molar-refractivity contribution in [3.8, 4) is 17.0 Å². The number of anilines is 2. The van der Waals surface area contributed by atoms with Gasteiger partial charge in [-0.1, -0.05) is 6.92 Å². The van der Waals surface area contributed by atoms with Crippen molar-refractivity contribution >= 4 is 28.8 Å². The molecular weight excluding hydrogens is 640 g/mol. The summed E-state index contributed by atoms with van der Waals surface area (Å²) in [5.74, 6) is -2.20. The topological polar surface area (TPSA) is 177 Å². The molecule has 4 atom stereocenters. The number of aliphatic hydroxyl groups is 1. The molecule has 17 heteroatoms. The second kappa shape index (κ2) is 14.1. The maximum Gasteiger partial charge on any atom is 0.511 e. The van der Waals surface area contributed by atoms with E-state index in [2.05, 4.69) is 19.9 Å². The van der Waals surface area contributed by atoms with E-state index in [1.54, 1.807) is 16.4 Å². The lowest BCUT2D eigenvalue weighted by molar-refractivity contribution is -0.0641. The lowest BCUT2D eigenvalue weighted by atomic mass is 9.84. The summed E-state index contributed by atoms with van der Waals surface area (Å²) in [5.41, 5.74) is 12.2. The van der Waals surface area contributed by atoms with Crippen molar-refractivity contribution in [3.63, 3.8) is 0 Å². The fraction of sp³-hybridized carbons (Fsp3) is 0.452. The highest BCUT2D eigenvalue weighted by Crippen LogP contribution is 2.35. The predicted molar refractivity (Wildman–Crippen MR) is 166 cm³/mol. The number of aliphatic hydroxyl groups excluding tert-OH is 1. The molecule has 1 aliphatic heterocycles. The van der Waals surface area contributed by atoms with E-state index in [1.807, 2.05) is 6.92 Å². The average molecular weight is 677 g/mol. The highest BCUT2D eigenvalue weighted by atomic mass is 19.3. The molecule has 258 valence electrons. The number of fused-ring (bicyclic) bond motifs is 1. The molecule has 48 heavy (non-hydrogen) atoms. The van der Waals surface area contributed by atoms with Gasteiger partial charge < -0.3 is 40.3 Å². The van der Waals surface area contributed by atoms with Crippen LogP contribution >= 0.6 is 0 Å². The molecular formula is C31H36F4N8O5. The zero-order chi connectivity index (χ0) is 34.7. The summed E-state index contributed by atoms with van der Waals surface area (Å²) in [7, 11) is 0. The zero-order valence-electron chi connectivity index (χ0n) is 26.4. The molecule has 1 saturated heterocycles. The SMILES string of the molecule is CCC(C)OC(=O)OC(C)Oc1cc(F)c(-c2cc(Cn3cnc4c(N)ncnc43)c(N3CCC[C@](N)([C@H](O)C(F)F)C3)cn2)cc1F. The van der Waals surface area contributed by atoms with Crippen LogP contribution in [0.2, 0.25) is 0 Å². The van der Waals surface area contributed by atoms with Gasteiger partial charge in [0, 0.05) is 31.6 Å². The fourth-order valence-electron chi connectivity index (χ4n) is 5.49. The number of ether oxygens (including phenoxy) is 3. The Hall–Kier alpha value is -4.77. The van der Waals surface area contributed by atoms with Gasteiger partial charge in [0.15, 0.2) is 23.0 Å². The first-order chi connectivity index (χ1) is 22.8. The number of halogens is 4. The van der Waals surface area contributed by atoms with Crippen molar-refractivity contribution in [2.24, 2.45) is 5.73 Å². The van der Waals surface area contributed by atoms with Gasteiger partial charge in [-0.05, 0) is 43.9 Å². The van der Waals surface area contributed by atoms with E-state index in [4.69, 9.17) is 25.7 Å². The van der Waals surface area contributed by atoms with Crippen LogP contribution in [0, 0.1) is 11.6 Å². The number of piperidine rings is 1. The molecule has 2 unspecified atom stereocenters. The number of carbonyl (C=O) groups is 1. The molecule has 0 bridgehead atoms. The van der Waals surface area contributed by atoms with Crippen molar-refractivity contribution in [2.45, 2.75) is 77.0 Å². The first-order valence-corrected chi connectivity index (χ1v) is 15.2. The quantitative estimate of drug-likeness (QED) is 0.116. The van der Waals surface area contributed by atoms with E-state index in [-0.39, 0.29) is 36.6 Å². The van der Waals surface area contributed by atoms with Gasteiger partial charge in [0.2, 0.25) is 6.29 Å². The third kappa shape index (κ3) is 7.36. The highest BCUT2D eigenvalue weighted by Gasteiger charge is 2.43. The number of nitrogens with two attached hydrogens (primary N) is 2. The summed E-state index contributed by atoms with van der Waals surface area (Å²) in [4.78, 5) is 30.5. The molecule has 0 spiro atoms. The molecule has 0 saturated carbocycles. The molecule has 3 aromatic heterocycles. The monoisotopic (exact) mass is 676 g/mol. The number of rotatable bonds is 11.